The third kappa shape index (κ3) is 6.56. The predicted molar refractivity (Wildman–Crippen MR) is 131 cm³/mol. The molecule has 2 saturated heterocycles. The van der Waals surface area contributed by atoms with Crippen molar-refractivity contribution in [2.75, 3.05) is 37.6 Å². The monoisotopic (exact) mass is 488 g/mol. The van der Waals surface area contributed by atoms with E-state index in [0.717, 1.165) is 43.6 Å². The first kappa shape index (κ1) is 23.7. The first-order valence-electron chi connectivity index (χ1n) is 11.3. The Labute approximate surface area is 200 Å². The molecule has 0 spiro atoms. The summed E-state index contributed by atoms with van der Waals surface area (Å²) >= 11 is 5.85. The lowest BCUT2D eigenvalue weighted by molar-refractivity contribution is -0.135. The molecular weight excluding hydrogens is 460 g/mol. The zero-order valence-electron chi connectivity index (χ0n) is 18.4. The average molecular weight is 489 g/mol. The van der Waals surface area contributed by atoms with Crippen molar-refractivity contribution in [3.63, 3.8) is 0 Å². The smallest absolute Gasteiger partial charge is 0.233 e. The second-order valence-electron chi connectivity index (χ2n) is 8.65. The highest BCUT2D eigenvalue weighted by Crippen LogP contribution is 2.26. The number of hydrogen-bond acceptors (Lipinski definition) is 5. The number of hydrogen-bond donors (Lipinski definition) is 1. The van der Waals surface area contributed by atoms with E-state index in [1.165, 1.54) is 5.41 Å². The molecule has 2 aliphatic rings. The van der Waals surface area contributed by atoms with Crippen molar-refractivity contribution in [2.45, 2.75) is 19.3 Å². The van der Waals surface area contributed by atoms with E-state index in [4.69, 9.17) is 11.6 Å². The average Bonchev–Trinajstić information content (AvgIpc) is 3.32. The number of sulfonamides is 1. The van der Waals surface area contributed by atoms with Gasteiger partial charge in [0.25, 0.3) is 0 Å². The summed E-state index contributed by atoms with van der Waals surface area (Å²) in [5.41, 5.74) is 1.91. The van der Waals surface area contributed by atoms with Crippen molar-refractivity contribution < 1.29 is 13.2 Å². The molecule has 2 aliphatic heterocycles. The number of likely N-dealkylation sites (tertiary alicyclic amines) is 1. The minimum atomic E-state index is -3.55. The number of benzene rings is 1. The van der Waals surface area contributed by atoms with E-state index in [1.807, 2.05) is 17.0 Å². The number of piperidine rings is 1. The summed E-state index contributed by atoms with van der Waals surface area (Å²) in [6, 6.07) is 11.0. The summed E-state index contributed by atoms with van der Waals surface area (Å²) in [6.45, 7) is 3.34. The van der Waals surface area contributed by atoms with Gasteiger partial charge in [-0.25, -0.2) is 13.1 Å². The molecule has 0 radical (unpaired) electrons. The van der Waals surface area contributed by atoms with E-state index in [-0.39, 0.29) is 17.7 Å². The van der Waals surface area contributed by atoms with Gasteiger partial charge in [-0.3, -0.25) is 9.78 Å². The van der Waals surface area contributed by atoms with Crippen LogP contribution in [0.4, 0.5) is 5.69 Å². The third-order valence-electron chi connectivity index (χ3n) is 6.35. The van der Waals surface area contributed by atoms with Crippen LogP contribution in [0.5, 0.6) is 0 Å². The lowest BCUT2D eigenvalue weighted by Crippen LogP contribution is -2.42. The van der Waals surface area contributed by atoms with Gasteiger partial charge in [0.15, 0.2) is 0 Å². The zero-order chi connectivity index (χ0) is 23.3. The number of carbonyl (C=O) groups is 1. The predicted octanol–water partition coefficient (Wildman–Crippen LogP) is 3.39. The summed E-state index contributed by atoms with van der Waals surface area (Å²) < 4.78 is 27.3. The maximum Gasteiger partial charge on any atom is 0.233 e. The Kier molecular flexibility index (Phi) is 7.67. The number of aromatic nitrogens is 1. The Morgan fingerprint density at radius 2 is 1.76 bits per heavy atom. The van der Waals surface area contributed by atoms with Crippen LogP contribution in [0.25, 0.3) is 6.08 Å². The molecule has 1 aromatic carbocycles. The Bertz CT molecular complexity index is 1070. The number of halogens is 1. The maximum absolute atomic E-state index is 13.0. The van der Waals surface area contributed by atoms with Crippen molar-refractivity contribution in [3.8, 4) is 0 Å². The van der Waals surface area contributed by atoms with Crippen molar-refractivity contribution in [3.05, 3.63) is 64.8 Å². The van der Waals surface area contributed by atoms with E-state index in [1.54, 1.807) is 42.7 Å². The van der Waals surface area contributed by atoms with E-state index in [0.29, 0.717) is 24.7 Å². The normalized spacial score (nSPS) is 20.0. The molecule has 4 rings (SSSR count). The van der Waals surface area contributed by atoms with Crippen LogP contribution in [0.2, 0.25) is 5.02 Å². The first-order chi connectivity index (χ1) is 15.9. The number of carbonyl (C=O) groups excluding carboxylic acids is 1. The quantitative estimate of drug-likeness (QED) is 0.646. The molecule has 7 nitrogen and oxygen atoms in total. The largest absolute Gasteiger partial charge is 0.371 e. The first-order valence-corrected chi connectivity index (χ1v) is 13.2. The summed E-state index contributed by atoms with van der Waals surface area (Å²) in [6.07, 6.45) is 7.61. The fraction of sp³-hybridized carbons (Fsp3) is 0.417. The van der Waals surface area contributed by atoms with Gasteiger partial charge >= 0.3 is 0 Å². The second-order valence-corrected chi connectivity index (χ2v) is 10.7. The van der Waals surface area contributed by atoms with Gasteiger partial charge in [-0.15, -0.1) is 0 Å². The molecule has 1 aromatic heterocycles. The highest BCUT2D eigenvalue weighted by Gasteiger charge is 2.33. The molecule has 3 heterocycles. The van der Waals surface area contributed by atoms with Crippen LogP contribution in [0.1, 0.15) is 24.8 Å². The molecule has 0 saturated carbocycles. The third-order valence-corrected chi connectivity index (χ3v) is 7.67. The number of nitrogens with one attached hydrogen (secondary N) is 1. The maximum atomic E-state index is 13.0. The molecular formula is C24H29ClN4O3S. The number of nitrogens with zero attached hydrogens (tertiary/aromatic N) is 3. The molecule has 1 amide bonds. The van der Waals surface area contributed by atoms with Crippen LogP contribution in [0.15, 0.2) is 54.2 Å². The summed E-state index contributed by atoms with van der Waals surface area (Å²) in [5, 5.41) is 1.78. The minimum absolute atomic E-state index is 0.0424. The minimum Gasteiger partial charge on any atom is -0.371 e. The lowest BCUT2D eigenvalue weighted by atomic mass is 9.95. The van der Waals surface area contributed by atoms with Crippen LogP contribution in [0, 0.1) is 11.8 Å². The molecule has 2 aromatic rings. The molecule has 0 aliphatic carbocycles. The van der Waals surface area contributed by atoms with Crippen LogP contribution >= 0.6 is 11.6 Å². The van der Waals surface area contributed by atoms with Gasteiger partial charge in [0.1, 0.15) is 0 Å². The van der Waals surface area contributed by atoms with Crippen molar-refractivity contribution >= 4 is 39.3 Å². The Morgan fingerprint density at radius 3 is 2.45 bits per heavy atom. The number of rotatable bonds is 7. The van der Waals surface area contributed by atoms with Crippen molar-refractivity contribution in [2.24, 2.45) is 11.8 Å². The van der Waals surface area contributed by atoms with Gasteiger partial charge in [0.05, 0.1) is 0 Å². The highest BCUT2D eigenvalue weighted by molar-refractivity contribution is 7.92. The Hall–Kier alpha value is -2.42. The van der Waals surface area contributed by atoms with Crippen LogP contribution < -0.4 is 9.62 Å². The lowest BCUT2D eigenvalue weighted by Gasteiger charge is -2.34. The van der Waals surface area contributed by atoms with Crippen LogP contribution in [-0.4, -0.2) is 56.9 Å². The summed E-state index contributed by atoms with van der Waals surface area (Å²) in [5.74, 6) is 0.378. The van der Waals surface area contributed by atoms with Crippen molar-refractivity contribution in [1.82, 2.24) is 14.6 Å². The van der Waals surface area contributed by atoms with Crippen LogP contribution in [0.3, 0.4) is 0 Å². The van der Waals surface area contributed by atoms with Crippen LogP contribution in [-0.2, 0) is 14.8 Å². The Balaban J connectivity index is 1.22. The Morgan fingerprint density at radius 1 is 1.06 bits per heavy atom. The van der Waals surface area contributed by atoms with E-state index >= 15 is 0 Å². The SMILES string of the molecule is O=C(C1CCN(c2ccncc2)CC1)N1CCC(CNS(=O)(=O)C=Cc2ccc(Cl)cc2)C1. The summed E-state index contributed by atoms with van der Waals surface area (Å²) in [7, 11) is -3.55. The van der Waals surface area contributed by atoms with Gasteiger partial charge in [0.2, 0.25) is 15.9 Å². The highest BCUT2D eigenvalue weighted by atomic mass is 35.5. The zero-order valence-corrected chi connectivity index (χ0v) is 20.0. The molecule has 1 atom stereocenters. The number of anilines is 1. The van der Waals surface area contributed by atoms with Crippen molar-refractivity contribution in [1.29, 1.82) is 0 Å². The van der Waals surface area contributed by atoms with Gasteiger partial charge in [0, 0.05) is 67.2 Å². The standard InChI is InChI=1S/C24H29ClN4O3S/c25-22-3-1-19(2-4-22)10-16-33(31,32)27-17-20-7-13-29(18-20)24(30)21-8-14-28(15-9-21)23-5-11-26-12-6-23/h1-6,10-12,16,20-21,27H,7-9,13-15,17-18H2. The summed E-state index contributed by atoms with van der Waals surface area (Å²) in [4.78, 5) is 21.3. The molecule has 33 heavy (non-hydrogen) atoms. The molecule has 2 fully saturated rings. The molecule has 1 unspecified atom stereocenters. The van der Waals surface area contributed by atoms with Gasteiger partial charge in [-0.2, -0.15) is 0 Å². The van der Waals surface area contributed by atoms with Gasteiger partial charge in [-0.1, -0.05) is 23.7 Å². The number of pyridine rings is 1. The second kappa shape index (κ2) is 10.7. The molecule has 9 heteroatoms. The topological polar surface area (TPSA) is 82.6 Å². The fourth-order valence-electron chi connectivity index (χ4n) is 4.42. The van der Waals surface area contributed by atoms with Gasteiger partial charge in [-0.05, 0) is 61.1 Å². The van der Waals surface area contributed by atoms with E-state index < -0.39 is 10.0 Å². The molecule has 0 bridgehead atoms. The van der Waals surface area contributed by atoms with E-state index in [9.17, 15) is 13.2 Å². The van der Waals surface area contributed by atoms with E-state index in [2.05, 4.69) is 14.6 Å². The number of amides is 1. The fourth-order valence-corrected chi connectivity index (χ4v) is 5.45. The molecule has 1 N–H and O–H groups in total. The molecule has 176 valence electrons. The van der Waals surface area contributed by atoms with Gasteiger partial charge < -0.3 is 9.80 Å².